The highest BCUT2D eigenvalue weighted by molar-refractivity contribution is 7.89. The number of ether oxygens (including phenoxy) is 1. The van der Waals surface area contributed by atoms with Gasteiger partial charge in [-0.2, -0.15) is 4.31 Å². The van der Waals surface area contributed by atoms with Crippen molar-refractivity contribution in [3.63, 3.8) is 0 Å². The average Bonchev–Trinajstić information content (AvgIpc) is 3.14. The van der Waals surface area contributed by atoms with Crippen LogP contribution in [0.2, 0.25) is 0 Å². The number of aryl methyl sites for hydroxylation is 1. The van der Waals surface area contributed by atoms with Gasteiger partial charge in [-0.25, -0.2) is 13.2 Å². The van der Waals surface area contributed by atoms with Gasteiger partial charge in [0.15, 0.2) is 0 Å². The maximum Gasteiger partial charge on any atom is 0.320 e. The number of urea groups is 1. The molecule has 8 heteroatoms. The standard InChI is InChI=1S/C24H31N3O4S/c1-3-31-22-7-9-23(10-8-22)32(29,30)26-13-11-21(12-14-26)27-16-15-25(24(27)28)18-20-6-4-5-19(2)17-20/h4-10,17,21H,3,11-16,18H2,1-2H3. The monoisotopic (exact) mass is 457 g/mol. The van der Waals surface area contributed by atoms with Gasteiger partial charge in [0, 0.05) is 38.8 Å². The van der Waals surface area contributed by atoms with E-state index in [1.54, 1.807) is 24.3 Å². The summed E-state index contributed by atoms with van der Waals surface area (Å²) in [6.45, 7) is 7.33. The van der Waals surface area contributed by atoms with Gasteiger partial charge in [0.2, 0.25) is 10.0 Å². The van der Waals surface area contributed by atoms with E-state index in [1.807, 2.05) is 28.9 Å². The van der Waals surface area contributed by atoms with Crippen molar-refractivity contribution >= 4 is 16.1 Å². The smallest absolute Gasteiger partial charge is 0.320 e. The summed E-state index contributed by atoms with van der Waals surface area (Å²) in [6.07, 6.45) is 1.31. The SMILES string of the molecule is CCOc1ccc(S(=O)(=O)N2CCC(N3CCN(Cc4cccc(C)c4)C3=O)CC2)cc1. The van der Waals surface area contributed by atoms with Crippen LogP contribution in [0.5, 0.6) is 5.75 Å². The molecule has 0 aromatic heterocycles. The Bertz CT molecular complexity index is 1050. The Kier molecular flexibility index (Phi) is 6.71. The van der Waals surface area contributed by atoms with E-state index >= 15 is 0 Å². The van der Waals surface area contributed by atoms with Crippen molar-refractivity contribution in [2.75, 3.05) is 32.8 Å². The van der Waals surface area contributed by atoms with Crippen LogP contribution >= 0.6 is 0 Å². The Morgan fingerprint density at radius 1 is 1.00 bits per heavy atom. The third kappa shape index (κ3) is 4.76. The van der Waals surface area contributed by atoms with E-state index in [9.17, 15) is 13.2 Å². The fraction of sp³-hybridized carbons (Fsp3) is 0.458. The minimum absolute atomic E-state index is 0.0549. The van der Waals surface area contributed by atoms with Gasteiger partial charge in [0.1, 0.15) is 5.75 Å². The molecule has 4 rings (SSSR count). The Labute approximate surface area is 190 Å². The molecule has 2 heterocycles. The van der Waals surface area contributed by atoms with Crippen molar-refractivity contribution in [2.45, 2.75) is 44.2 Å². The molecule has 0 spiro atoms. The van der Waals surface area contributed by atoms with Gasteiger partial charge in [0.05, 0.1) is 11.5 Å². The summed E-state index contributed by atoms with van der Waals surface area (Å²) in [5, 5.41) is 0. The lowest BCUT2D eigenvalue weighted by Gasteiger charge is -2.35. The molecule has 2 aliphatic heterocycles. The molecule has 172 valence electrons. The molecule has 0 unspecified atom stereocenters. The zero-order chi connectivity index (χ0) is 22.7. The van der Waals surface area contributed by atoms with Crippen LogP contribution in [0, 0.1) is 6.92 Å². The summed E-state index contributed by atoms with van der Waals surface area (Å²) in [7, 11) is -3.55. The van der Waals surface area contributed by atoms with Crippen LogP contribution in [0.25, 0.3) is 0 Å². The molecule has 0 atom stereocenters. The predicted molar refractivity (Wildman–Crippen MR) is 123 cm³/mol. The molecule has 2 fully saturated rings. The summed E-state index contributed by atoms with van der Waals surface area (Å²) in [5.74, 6) is 0.660. The molecule has 7 nitrogen and oxygen atoms in total. The highest BCUT2D eigenvalue weighted by Crippen LogP contribution is 2.27. The summed E-state index contributed by atoms with van der Waals surface area (Å²) in [5.41, 5.74) is 2.32. The quantitative estimate of drug-likeness (QED) is 0.638. The van der Waals surface area contributed by atoms with Crippen molar-refractivity contribution in [2.24, 2.45) is 0 Å². The van der Waals surface area contributed by atoms with Crippen LogP contribution in [-0.4, -0.2) is 67.4 Å². The Morgan fingerprint density at radius 2 is 1.72 bits per heavy atom. The minimum atomic E-state index is -3.55. The van der Waals surface area contributed by atoms with Crippen LogP contribution < -0.4 is 4.74 Å². The zero-order valence-corrected chi connectivity index (χ0v) is 19.6. The zero-order valence-electron chi connectivity index (χ0n) is 18.7. The van der Waals surface area contributed by atoms with E-state index in [1.165, 1.54) is 9.87 Å². The highest BCUT2D eigenvalue weighted by Gasteiger charge is 2.37. The predicted octanol–water partition coefficient (Wildman–Crippen LogP) is 3.48. The van der Waals surface area contributed by atoms with Gasteiger partial charge in [0.25, 0.3) is 0 Å². The summed E-state index contributed by atoms with van der Waals surface area (Å²) >= 11 is 0. The molecular weight excluding hydrogens is 426 g/mol. The van der Waals surface area contributed by atoms with Gasteiger partial charge in [-0.3, -0.25) is 0 Å². The van der Waals surface area contributed by atoms with Gasteiger partial charge < -0.3 is 14.5 Å². The van der Waals surface area contributed by atoms with E-state index in [4.69, 9.17) is 4.74 Å². The van der Waals surface area contributed by atoms with Gasteiger partial charge in [-0.05, 0) is 56.5 Å². The molecular formula is C24H31N3O4S. The summed E-state index contributed by atoms with van der Waals surface area (Å²) < 4.78 is 33.0. The second-order valence-electron chi connectivity index (χ2n) is 8.43. The van der Waals surface area contributed by atoms with Crippen LogP contribution in [0.15, 0.2) is 53.4 Å². The van der Waals surface area contributed by atoms with Gasteiger partial charge in [-0.1, -0.05) is 29.8 Å². The maximum atomic E-state index is 13.0. The third-order valence-electron chi connectivity index (χ3n) is 6.22. The number of benzene rings is 2. The molecule has 2 aliphatic rings. The maximum absolute atomic E-state index is 13.0. The van der Waals surface area contributed by atoms with Gasteiger partial charge >= 0.3 is 6.03 Å². The topological polar surface area (TPSA) is 70.2 Å². The molecule has 0 bridgehead atoms. The Hall–Kier alpha value is -2.58. The lowest BCUT2D eigenvalue weighted by molar-refractivity contribution is 0.153. The number of carbonyl (C=O) groups is 1. The van der Waals surface area contributed by atoms with Crippen molar-refractivity contribution in [1.29, 1.82) is 0 Å². The minimum Gasteiger partial charge on any atom is -0.494 e. The van der Waals surface area contributed by atoms with Crippen molar-refractivity contribution in [1.82, 2.24) is 14.1 Å². The molecule has 2 aromatic rings. The van der Waals surface area contributed by atoms with Crippen LogP contribution in [0.1, 0.15) is 30.9 Å². The van der Waals surface area contributed by atoms with E-state index < -0.39 is 10.0 Å². The van der Waals surface area contributed by atoms with Crippen LogP contribution in [-0.2, 0) is 16.6 Å². The average molecular weight is 458 g/mol. The Balaban J connectivity index is 1.34. The normalized spacial score (nSPS) is 18.4. The van der Waals surface area contributed by atoms with Crippen molar-refractivity contribution < 1.29 is 17.9 Å². The first-order chi connectivity index (χ1) is 15.4. The van der Waals surface area contributed by atoms with Crippen molar-refractivity contribution in [3.05, 3.63) is 59.7 Å². The number of hydrogen-bond acceptors (Lipinski definition) is 4. The number of hydrogen-bond donors (Lipinski definition) is 0. The lowest BCUT2D eigenvalue weighted by atomic mass is 10.1. The first-order valence-corrected chi connectivity index (χ1v) is 12.7. The number of piperidine rings is 1. The number of carbonyl (C=O) groups excluding carboxylic acids is 1. The number of sulfonamides is 1. The number of nitrogens with zero attached hydrogens (tertiary/aromatic N) is 3. The molecule has 2 aromatic carbocycles. The third-order valence-corrected chi connectivity index (χ3v) is 8.13. The van der Waals surface area contributed by atoms with E-state index in [0.717, 1.165) is 5.56 Å². The van der Waals surface area contributed by atoms with E-state index in [-0.39, 0.29) is 17.0 Å². The van der Waals surface area contributed by atoms with E-state index in [2.05, 4.69) is 19.1 Å². The fourth-order valence-corrected chi connectivity index (χ4v) is 6.01. The molecule has 0 saturated carbocycles. The molecule has 0 N–H and O–H groups in total. The number of amides is 2. The van der Waals surface area contributed by atoms with Crippen LogP contribution in [0.4, 0.5) is 4.79 Å². The van der Waals surface area contributed by atoms with E-state index in [0.29, 0.717) is 57.9 Å². The molecule has 0 aliphatic carbocycles. The lowest BCUT2D eigenvalue weighted by Crippen LogP contribution is -2.47. The largest absolute Gasteiger partial charge is 0.494 e. The first kappa shape index (κ1) is 22.6. The summed E-state index contributed by atoms with van der Waals surface area (Å²) in [6, 6.07) is 14.9. The molecule has 0 radical (unpaired) electrons. The molecule has 2 amide bonds. The second kappa shape index (κ2) is 9.50. The molecule has 32 heavy (non-hydrogen) atoms. The van der Waals surface area contributed by atoms with Crippen LogP contribution in [0.3, 0.4) is 0 Å². The second-order valence-corrected chi connectivity index (χ2v) is 10.4. The number of rotatable bonds is 7. The first-order valence-electron chi connectivity index (χ1n) is 11.2. The van der Waals surface area contributed by atoms with Gasteiger partial charge in [-0.15, -0.1) is 0 Å². The highest BCUT2D eigenvalue weighted by atomic mass is 32.2. The van der Waals surface area contributed by atoms with Crippen molar-refractivity contribution in [3.8, 4) is 5.75 Å². The Morgan fingerprint density at radius 3 is 2.38 bits per heavy atom. The molecule has 2 saturated heterocycles. The fourth-order valence-electron chi connectivity index (χ4n) is 4.54. The summed E-state index contributed by atoms with van der Waals surface area (Å²) in [4.78, 5) is 17.1.